The molecule has 4 rings (SSSR count). The molecule has 1 aliphatic rings. The van der Waals surface area contributed by atoms with Crippen LogP contribution in [0.5, 0.6) is 5.75 Å². The van der Waals surface area contributed by atoms with Crippen LogP contribution in [0.1, 0.15) is 31.7 Å². The molecular weight excluding hydrogens is 414 g/mol. The molecule has 1 fully saturated rings. The van der Waals surface area contributed by atoms with Gasteiger partial charge in [0.2, 0.25) is 0 Å². The number of fused-ring (bicyclic) bond motifs is 1. The number of benzene rings is 2. The molecule has 33 heavy (non-hydrogen) atoms. The van der Waals surface area contributed by atoms with Gasteiger partial charge in [-0.15, -0.1) is 0 Å². The molecule has 0 bridgehead atoms. The summed E-state index contributed by atoms with van der Waals surface area (Å²) in [6.07, 6.45) is 4.37. The van der Waals surface area contributed by atoms with Crippen LogP contribution in [0, 0.1) is 6.92 Å². The number of amides is 1. The molecule has 0 aliphatic carbocycles. The van der Waals surface area contributed by atoms with Gasteiger partial charge in [-0.25, -0.2) is 0 Å². The Bertz CT molecular complexity index is 1200. The number of nitrogens with one attached hydrogen (secondary N) is 1. The van der Waals surface area contributed by atoms with Gasteiger partial charge in [0, 0.05) is 30.9 Å². The van der Waals surface area contributed by atoms with Crippen LogP contribution in [-0.2, 0) is 4.79 Å². The summed E-state index contributed by atoms with van der Waals surface area (Å²) in [6, 6.07) is 14.0. The van der Waals surface area contributed by atoms with Gasteiger partial charge in [-0.05, 0) is 75.5 Å². The highest BCUT2D eigenvalue weighted by atomic mass is 16.5. The lowest BCUT2D eigenvalue weighted by Gasteiger charge is -2.30. The minimum atomic E-state index is -0.623. The topological polar surface area (TPSA) is 65.6 Å². The van der Waals surface area contributed by atoms with Crippen molar-refractivity contribution in [2.75, 3.05) is 27.2 Å². The van der Waals surface area contributed by atoms with E-state index in [1.54, 1.807) is 19.2 Å². The van der Waals surface area contributed by atoms with Crippen molar-refractivity contribution in [1.82, 2.24) is 14.8 Å². The first-order valence-corrected chi connectivity index (χ1v) is 11.7. The van der Waals surface area contributed by atoms with Gasteiger partial charge in [0.15, 0.2) is 6.10 Å². The standard InChI is InChI=1S/C27H33N3O3/c1-18-9-5-6-11-22(18)25-16-28-26(31)24-15-21(12-13-23(24)25)33-19(2)27(32)30-14-8-7-10-20(17-30)29(3)4/h5-6,9,11-13,15-16,19-20H,7-8,10,14,17H2,1-4H3,(H,28,31)/t19-,20?/m1/s1. The number of aryl methyl sites for hydroxylation is 1. The number of aromatic nitrogens is 1. The van der Waals surface area contributed by atoms with Crippen molar-refractivity contribution < 1.29 is 9.53 Å². The Labute approximate surface area is 195 Å². The monoisotopic (exact) mass is 447 g/mol. The summed E-state index contributed by atoms with van der Waals surface area (Å²) in [4.78, 5) is 32.7. The van der Waals surface area contributed by atoms with Crippen LogP contribution in [0.15, 0.2) is 53.5 Å². The van der Waals surface area contributed by atoms with Crippen LogP contribution in [0.25, 0.3) is 21.9 Å². The van der Waals surface area contributed by atoms with Crippen LogP contribution < -0.4 is 10.3 Å². The quantitative estimate of drug-likeness (QED) is 0.636. The third-order valence-corrected chi connectivity index (χ3v) is 6.66. The van der Waals surface area contributed by atoms with Gasteiger partial charge in [-0.3, -0.25) is 9.59 Å². The predicted molar refractivity (Wildman–Crippen MR) is 133 cm³/mol. The lowest BCUT2D eigenvalue weighted by atomic mass is 9.97. The van der Waals surface area contributed by atoms with E-state index in [2.05, 4.69) is 43.0 Å². The molecule has 0 radical (unpaired) electrons. The normalized spacial score (nSPS) is 17.7. The van der Waals surface area contributed by atoms with Crippen LogP contribution in [0.2, 0.25) is 0 Å². The summed E-state index contributed by atoms with van der Waals surface area (Å²) in [7, 11) is 4.13. The van der Waals surface area contributed by atoms with Gasteiger partial charge in [0.1, 0.15) is 5.75 Å². The van der Waals surface area contributed by atoms with Crippen molar-refractivity contribution in [1.29, 1.82) is 0 Å². The van der Waals surface area contributed by atoms with E-state index in [-0.39, 0.29) is 11.5 Å². The molecule has 2 heterocycles. The number of hydrogen-bond acceptors (Lipinski definition) is 4. The van der Waals surface area contributed by atoms with Gasteiger partial charge in [-0.2, -0.15) is 0 Å². The van der Waals surface area contributed by atoms with Gasteiger partial charge in [0.25, 0.3) is 11.5 Å². The molecular formula is C27H33N3O3. The Morgan fingerprint density at radius 1 is 1.12 bits per heavy atom. The van der Waals surface area contributed by atoms with Crippen molar-refractivity contribution in [3.63, 3.8) is 0 Å². The molecule has 1 saturated heterocycles. The highest BCUT2D eigenvalue weighted by molar-refractivity contribution is 5.97. The molecule has 6 nitrogen and oxygen atoms in total. The number of pyridine rings is 1. The zero-order valence-electron chi connectivity index (χ0n) is 19.9. The Morgan fingerprint density at radius 2 is 1.91 bits per heavy atom. The van der Waals surface area contributed by atoms with Gasteiger partial charge in [0.05, 0.1) is 5.39 Å². The highest BCUT2D eigenvalue weighted by Crippen LogP contribution is 2.30. The fourth-order valence-electron chi connectivity index (χ4n) is 4.66. The van der Waals surface area contributed by atoms with Gasteiger partial charge < -0.3 is 19.5 Å². The van der Waals surface area contributed by atoms with Gasteiger partial charge in [-0.1, -0.05) is 30.7 Å². The fourth-order valence-corrected chi connectivity index (χ4v) is 4.66. The first kappa shape index (κ1) is 23.1. The van der Waals surface area contributed by atoms with E-state index in [9.17, 15) is 9.59 Å². The maximum absolute atomic E-state index is 13.1. The average molecular weight is 448 g/mol. The number of H-pyrrole nitrogens is 1. The van der Waals surface area contributed by atoms with Crippen molar-refractivity contribution in [3.05, 3.63) is 64.6 Å². The number of nitrogens with zero attached hydrogens (tertiary/aromatic N) is 2. The number of likely N-dealkylation sites (N-methyl/N-ethyl adjacent to an activating group) is 1. The first-order chi connectivity index (χ1) is 15.8. The van der Waals surface area contributed by atoms with E-state index in [0.717, 1.165) is 54.4 Å². The van der Waals surface area contributed by atoms with E-state index in [1.165, 1.54) is 0 Å². The number of ether oxygens (including phenoxy) is 1. The molecule has 1 amide bonds. The molecule has 174 valence electrons. The van der Waals surface area contributed by atoms with Crippen LogP contribution in [-0.4, -0.2) is 60.0 Å². The summed E-state index contributed by atoms with van der Waals surface area (Å²) in [5.41, 5.74) is 3.01. The molecule has 3 aromatic rings. The second-order valence-electron chi connectivity index (χ2n) is 9.21. The largest absolute Gasteiger partial charge is 0.481 e. The maximum Gasteiger partial charge on any atom is 0.263 e. The van der Waals surface area contributed by atoms with E-state index < -0.39 is 6.10 Å². The first-order valence-electron chi connectivity index (χ1n) is 11.7. The predicted octanol–water partition coefficient (Wildman–Crippen LogP) is 4.21. The fraction of sp³-hybridized carbons (Fsp3) is 0.407. The molecule has 2 aromatic carbocycles. The van der Waals surface area contributed by atoms with Crippen LogP contribution in [0.3, 0.4) is 0 Å². The second-order valence-corrected chi connectivity index (χ2v) is 9.21. The minimum Gasteiger partial charge on any atom is -0.481 e. The van der Waals surface area contributed by atoms with Crippen LogP contribution >= 0.6 is 0 Å². The highest BCUT2D eigenvalue weighted by Gasteiger charge is 2.27. The van der Waals surface area contributed by atoms with E-state index >= 15 is 0 Å². The minimum absolute atomic E-state index is 0.00795. The molecule has 2 atom stereocenters. The molecule has 1 N–H and O–H groups in total. The average Bonchev–Trinajstić information content (AvgIpc) is 3.06. The molecule has 1 unspecified atom stereocenters. The van der Waals surface area contributed by atoms with E-state index in [4.69, 9.17) is 4.74 Å². The summed E-state index contributed by atoms with van der Waals surface area (Å²) in [5, 5.41) is 1.41. The van der Waals surface area contributed by atoms with E-state index in [1.807, 2.05) is 29.2 Å². The zero-order valence-corrected chi connectivity index (χ0v) is 19.9. The van der Waals surface area contributed by atoms with E-state index in [0.29, 0.717) is 17.2 Å². The summed E-state index contributed by atoms with van der Waals surface area (Å²) in [6.45, 7) is 5.32. The number of likely N-dealkylation sites (tertiary alicyclic amines) is 1. The Morgan fingerprint density at radius 3 is 2.67 bits per heavy atom. The molecule has 0 saturated carbocycles. The second kappa shape index (κ2) is 9.79. The van der Waals surface area contributed by atoms with Crippen LogP contribution in [0.4, 0.5) is 0 Å². The Balaban J connectivity index is 1.58. The number of carbonyl (C=O) groups is 1. The maximum atomic E-state index is 13.1. The Kier molecular flexibility index (Phi) is 6.84. The van der Waals surface area contributed by atoms with Crippen molar-refractivity contribution >= 4 is 16.7 Å². The third-order valence-electron chi connectivity index (χ3n) is 6.66. The number of aromatic amines is 1. The SMILES string of the molecule is Cc1ccccc1-c1c[nH]c(=O)c2cc(O[C@H](C)C(=O)N3CCCCC(N(C)C)C3)ccc12. The summed E-state index contributed by atoms with van der Waals surface area (Å²) >= 11 is 0. The van der Waals surface area contributed by atoms with Crippen molar-refractivity contribution in [2.45, 2.75) is 45.3 Å². The summed E-state index contributed by atoms with van der Waals surface area (Å²) < 4.78 is 6.04. The molecule has 1 aromatic heterocycles. The number of rotatable bonds is 5. The number of hydrogen-bond donors (Lipinski definition) is 1. The third kappa shape index (κ3) is 4.96. The lowest BCUT2D eigenvalue weighted by Crippen LogP contribution is -2.46. The zero-order chi connectivity index (χ0) is 23.5. The van der Waals surface area contributed by atoms with Crippen molar-refractivity contribution in [2.24, 2.45) is 0 Å². The van der Waals surface area contributed by atoms with Gasteiger partial charge >= 0.3 is 0 Å². The molecule has 0 spiro atoms. The molecule has 6 heteroatoms. The Hall–Kier alpha value is -3.12. The number of carbonyl (C=O) groups excluding carboxylic acids is 1. The lowest BCUT2D eigenvalue weighted by molar-refractivity contribution is -0.138. The smallest absolute Gasteiger partial charge is 0.263 e. The molecule has 1 aliphatic heterocycles. The summed E-state index contributed by atoms with van der Waals surface area (Å²) in [5.74, 6) is 0.515. The van der Waals surface area contributed by atoms with Crippen molar-refractivity contribution in [3.8, 4) is 16.9 Å².